The summed E-state index contributed by atoms with van der Waals surface area (Å²) in [6, 6.07) is 28.0. The van der Waals surface area contributed by atoms with E-state index in [1.807, 2.05) is 71.6 Å². The third-order valence-electron chi connectivity index (χ3n) is 18.7. The molecule has 0 heterocycles. The predicted molar refractivity (Wildman–Crippen MR) is 232 cm³/mol. The van der Waals surface area contributed by atoms with E-state index in [2.05, 4.69) is 55.6 Å². The van der Waals surface area contributed by atoms with Gasteiger partial charge in [0, 0.05) is 39.6 Å². The number of aliphatic hydroxyl groups is 2. The van der Waals surface area contributed by atoms with Crippen LogP contribution < -0.4 is 5.32 Å². The largest absolute Gasteiger partial charge is 0.393 e. The number of nitrogens with one attached hydrogen (secondary N) is 1. The van der Waals surface area contributed by atoms with Crippen molar-refractivity contribution in [2.45, 2.75) is 109 Å². The predicted octanol–water partition coefficient (Wildman–Crippen LogP) is 10.9. The third kappa shape index (κ3) is 5.50. The van der Waals surface area contributed by atoms with Crippen LogP contribution in [0.4, 0.5) is 10.5 Å². The van der Waals surface area contributed by atoms with E-state index >= 15 is 4.79 Å². The van der Waals surface area contributed by atoms with Crippen LogP contribution in [-0.4, -0.2) is 51.7 Å². The van der Waals surface area contributed by atoms with Crippen LogP contribution in [-0.2, 0) is 0 Å². The molecule has 3 aromatic carbocycles. The fourth-order valence-corrected chi connectivity index (χ4v) is 16.4. The molecule has 10 aliphatic rings. The number of hydrogen-bond acceptors (Lipinski definition) is 4. The number of benzene rings is 3. The minimum absolute atomic E-state index is 0.00893. The normalized spacial score (nSPS) is 42.1. The first-order valence-corrected chi connectivity index (χ1v) is 23.0. The quantitative estimate of drug-likeness (QED) is 0.157. The van der Waals surface area contributed by atoms with Crippen LogP contribution in [0.1, 0.15) is 108 Å². The van der Waals surface area contributed by atoms with E-state index in [1.165, 1.54) is 38.5 Å². The Labute approximate surface area is 350 Å². The number of hydrogen-bond donors (Lipinski definition) is 3. The molecule has 59 heavy (non-hydrogen) atoms. The first-order chi connectivity index (χ1) is 28.4. The summed E-state index contributed by atoms with van der Waals surface area (Å²) in [5.74, 6) is 2.57. The number of ketones is 1. The lowest BCUT2D eigenvalue weighted by molar-refractivity contribution is -0.176. The smallest absolute Gasteiger partial charge is 0.321 e. The second-order valence-electron chi connectivity index (χ2n) is 21.6. The molecule has 7 saturated carbocycles. The molecule has 2 spiro atoms. The number of allylic oxidation sites excluding steroid dienone is 4. The zero-order chi connectivity index (χ0) is 40.4. The standard InChI is InChI=1S/C53H62N2O4/c1-48-20-17-40(56)31-51(48)23-24-53(43(32-51)46(57)42-16-10-9-15-41(42)38-11-5-3-6-12-38)44(48)18-21-49(2)45(53)19-22-52(49,59)34-55(47(58)54-39-13-7-4-8-14-39)33-50-28-35-25-36(29-50)27-37(26-35)30-50/h3-16,23-24,32,35-37,40,44-45,56,59H,17-22,25-31,33-34H2,1-2H3,(H,54,58)/t35?,36?,37?,40?,44-,45-,48-,49+,50?,51+,52-,53-/m1/s1. The van der Waals surface area contributed by atoms with Crippen molar-refractivity contribution >= 4 is 17.5 Å². The summed E-state index contributed by atoms with van der Waals surface area (Å²) in [6.45, 7) is 5.74. The first kappa shape index (κ1) is 38.0. The van der Waals surface area contributed by atoms with Gasteiger partial charge in [-0.05, 0) is 147 Å². The summed E-state index contributed by atoms with van der Waals surface area (Å²) in [5, 5.41) is 28.1. The summed E-state index contributed by atoms with van der Waals surface area (Å²) in [4.78, 5) is 32.4. The topological polar surface area (TPSA) is 89.9 Å². The molecule has 6 nitrogen and oxygen atoms in total. The Morgan fingerprint density at radius 1 is 0.712 bits per heavy atom. The maximum Gasteiger partial charge on any atom is 0.321 e. The molecule has 13 rings (SSSR count). The Balaban J connectivity index is 0.990. The minimum Gasteiger partial charge on any atom is -0.393 e. The van der Waals surface area contributed by atoms with Crippen LogP contribution in [0.3, 0.4) is 0 Å². The molecule has 7 fully saturated rings. The summed E-state index contributed by atoms with van der Waals surface area (Å²) < 4.78 is 0. The number of nitrogens with zero attached hydrogens (tertiary/aromatic N) is 1. The second-order valence-corrected chi connectivity index (χ2v) is 21.6. The molecule has 308 valence electrons. The van der Waals surface area contributed by atoms with E-state index in [0.717, 1.165) is 72.2 Å². The van der Waals surface area contributed by atoms with Crippen molar-refractivity contribution in [2.75, 3.05) is 18.4 Å². The molecule has 0 aromatic heterocycles. The molecule has 6 heteroatoms. The van der Waals surface area contributed by atoms with Gasteiger partial charge in [-0.3, -0.25) is 4.79 Å². The zero-order valence-electron chi connectivity index (χ0n) is 35.0. The average molecular weight is 791 g/mol. The zero-order valence-corrected chi connectivity index (χ0v) is 35.0. The molecule has 6 bridgehead atoms. The molecule has 3 N–H and O–H groups in total. The monoisotopic (exact) mass is 790 g/mol. The molecular weight excluding hydrogens is 729 g/mol. The lowest BCUT2D eigenvalue weighted by Gasteiger charge is -2.71. The van der Waals surface area contributed by atoms with Crippen molar-refractivity contribution in [2.24, 2.45) is 56.7 Å². The number of amides is 2. The number of urea groups is 1. The maximum absolute atomic E-state index is 15.6. The van der Waals surface area contributed by atoms with Crippen LogP contribution in [0, 0.1) is 56.7 Å². The van der Waals surface area contributed by atoms with E-state index in [9.17, 15) is 15.0 Å². The summed E-state index contributed by atoms with van der Waals surface area (Å²) in [6.07, 6.45) is 19.8. The Bertz CT molecular complexity index is 2200. The van der Waals surface area contributed by atoms with Gasteiger partial charge in [0.1, 0.15) is 0 Å². The average Bonchev–Trinajstić information content (AvgIpc) is 3.50. The van der Waals surface area contributed by atoms with Gasteiger partial charge in [-0.25, -0.2) is 4.79 Å². The van der Waals surface area contributed by atoms with Crippen molar-refractivity contribution in [1.29, 1.82) is 0 Å². The van der Waals surface area contributed by atoms with Crippen LogP contribution in [0.15, 0.2) is 109 Å². The van der Waals surface area contributed by atoms with E-state index < -0.39 is 27.9 Å². The molecule has 2 amide bonds. The van der Waals surface area contributed by atoms with E-state index in [-0.39, 0.29) is 34.5 Å². The summed E-state index contributed by atoms with van der Waals surface area (Å²) >= 11 is 0. The molecule has 1 unspecified atom stereocenters. The van der Waals surface area contributed by atoms with Gasteiger partial charge in [-0.15, -0.1) is 0 Å². The van der Waals surface area contributed by atoms with Crippen molar-refractivity contribution in [3.05, 3.63) is 114 Å². The highest BCUT2D eigenvalue weighted by molar-refractivity contribution is 6.14. The van der Waals surface area contributed by atoms with Crippen molar-refractivity contribution in [3.63, 3.8) is 0 Å². The Morgan fingerprint density at radius 2 is 1.32 bits per heavy atom. The Morgan fingerprint density at radius 3 is 2.03 bits per heavy atom. The lowest BCUT2D eigenvalue weighted by atomic mass is 9.32. The van der Waals surface area contributed by atoms with Gasteiger partial charge in [0.15, 0.2) is 5.78 Å². The van der Waals surface area contributed by atoms with Gasteiger partial charge in [0.25, 0.3) is 0 Å². The molecular formula is C53H62N2O4. The highest BCUT2D eigenvalue weighted by Crippen LogP contribution is 2.78. The number of carbonyl (C=O) groups is 2. The van der Waals surface area contributed by atoms with Crippen molar-refractivity contribution in [3.8, 4) is 11.1 Å². The van der Waals surface area contributed by atoms with Gasteiger partial charge < -0.3 is 20.4 Å². The highest BCUT2D eigenvalue weighted by Gasteiger charge is 2.74. The van der Waals surface area contributed by atoms with Gasteiger partial charge in [-0.1, -0.05) is 105 Å². The lowest BCUT2D eigenvalue weighted by Crippen LogP contribution is -2.67. The van der Waals surface area contributed by atoms with Gasteiger partial charge >= 0.3 is 6.03 Å². The number of rotatable bonds is 8. The van der Waals surface area contributed by atoms with Crippen molar-refractivity contribution < 1.29 is 19.8 Å². The van der Waals surface area contributed by atoms with Gasteiger partial charge in [0.05, 0.1) is 18.2 Å². The van der Waals surface area contributed by atoms with Crippen LogP contribution in [0.5, 0.6) is 0 Å². The molecule has 10 aliphatic carbocycles. The summed E-state index contributed by atoms with van der Waals surface area (Å²) in [5.41, 5.74) is 1.67. The summed E-state index contributed by atoms with van der Waals surface area (Å²) in [7, 11) is 0. The molecule has 0 saturated heterocycles. The van der Waals surface area contributed by atoms with Crippen molar-refractivity contribution in [1.82, 2.24) is 4.90 Å². The molecule has 0 aliphatic heterocycles. The SMILES string of the molecule is C[C@]12CC[C@H]3[C@]4(C=C[C@@]5(C=C4C(=O)c4ccccc4-c4ccccc4)CC(O)CC[C@]35C)[C@@H]1CC[C@@]2(O)CN(CC12CC3CC(CC(C3)C1)C2)C(=O)Nc1ccccc1. The number of aliphatic hydroxyl groups excluding tert-OH is 1. The van der Waals surface area contributed by atoms with Gasteiger partial charge in [0.2, 0.25) is 0 Å². The molecule has 3 aromatic rings. The number of carbonyl (C=O) groups excluding carboxylic acids is 2. The second kappa shape index (κ2) is 13.2. The van der Waals surface area contributed by atoms with E-state index in [1.54, 1.807) is 0 Å². The third-order valence-corrected chi connectivity index (χ3v) is 18.7. The fraction of sp³-hybridized carbons (Fsp3) is 0.547. The highest BCUT2D eigenvalue weighted by atomic mass is 16.3. The minimum atomic E-state index is -1.13. The number of Topliss-reactive ketones (excluding diaryl/α,β-unsaturated/α-hetero) is 1. The van der Waals surface area contributed by atoms with Crippen LogP contribution >= 0.6 is 0 Å². The van der Waals surface area contributed by atoms with Crippen LogP contribution in [0.2, 0.25) is 0 Å². The maximum atomic E-state index is 15.6. The van der Waals surface area contributed by atoms with E-state index in [4.69, 9.17) is 0 Å². The Kier molecular flexibility index (Phi) is 8.52. The first-order valence-electron chi connectivity index (χ1n) is 23.0. The van der Waals surface area contributed by atoms with E-state index in [0.29, 0.717) is 31.5 Å². The molecule has 8 atom stereocenters. The van der Waals surface area contributed by atoms with Crippen LogP contribution in [0.25, 0.3) is 11.1 Å². The number of fused-ring (bicyclic) bond motifs is 1. The molecule has 0 radical (unpaired) electrons. The van der Waals surface area contributed by atoms with Gasteiger partial charge in [-0.2, -0.15) is 0 Å². The number of anilines is 1. The fourth-order valence-electron chi connectivity index (χ4n) is 16.4. The Hall–Kier alpha value is -4.00. The number of para-hydroxylation sites is 1.